The van der Waals surface area contributed by atoms with Crippen molar-refractivity contribution in [2.24, 2.45) is 9.81 Å². The highest BCUT2D eigenvalue weighted by Crippen LogP contribution is 2.44. The van der Waals surface area contributed by atoms with Crippen molar-refractivity contribution >= 4 is 48.8 Å². The number of benzene rings is 2. The number of aliphatic hydroxyl groups excluding tert-OH is 1. The zero-order chi connectivity index (χ0) is 31.2. The number of fused-ring (bicyclic) bond motifs is 2. The zero-order valence-electron chi connectivity index (χ0n) is 24.2. The number of Topliss-reactive ketones (excluding diaryl/α,β-unsaturated/α-hetero) is 1. The lowest BCUT2D eigenvalue weighted by Gasteiger charge is -2.41. The first-order chi connectivity index (χ1) is 20.1. The smallest absolute Gasteiger partial charge is 0.286 e. The summed E-state index contributed by atoms with van der Waals surface area (Å²) < 4.78 is 56.3. The zero-order valence-corrected chi connectivity index (χ0v) is 25.8. The van der Waals surface area contributed by atoms with Gasteiger partial charge < -0.3 is 10.4 Å². The van der Waals surface area contributed by atoms with Crippen molar-refractivity contribution in [2.45, 2.75) is 50.6 Å². The van der Waals surface area contributed by atoms with Crippen molar-refractivity contribution in [3.05, 3.63) is 89.3 Å². The van der Waals surface area contributed by atoms with Gasteiger partial charge >= 0.3 is 0 Å². The van der Waals surface area contributed by atoms with Gasteiger partial charge in [-0.3, -0.25) is 19.8 Å². The molecule has 4 N–H and O–H groups in total. The maximum atomic E-state index is 14.7. The van der Waals surface area contributed by atoms with Crippen molar-refractivity contribution < 1.29 is 26.7 Å². The molecule has 226 valence electrons. The van der Waals surface area contributed by atoms with Crippen molar-refractivity contribution in [3.8, 4) is 0 Å². The van der Waals surface area contributed by atoms with E-state index in [1.807, 2.05) is 12.1 Å². The predicted molar refractivity (Wildman–Crippen MR) is 166 cm³/mol. The minimum Gasteiger partial charge on any atom is -0.506 e. The van der Waals surface area contributed by atoms with Gasteiger partial charge in [0.1, 0.15) is 21.8 Å². The average Bonchev–Trinajstić information content (AvgIpc) is 2.92. The Bertz CT molecular complexity index is 1880. The number of hydrogen-bond donors (Lipinski definition) is 4. The molecule has 2 aromatic carbocycles. The van der Waals surface area contributed by atoms with Crippen LogP contribution in [-0.4, -0.2) is 44.8 Å². The Hall–Kier alpha value is -4.07. The number of ketones is 1. The molecule has 0 radical (unpaired) electrons. The summed E-state index contributed by atoms with van der Waals surface area (Å²) in [5.41, 5.74) is -0.00968. The fourth-order valence-corrected chi connectivity index (χ4v) is 6.93. The molecule has 43 heavy (non-hydrogen) atoms. The standard InChI is InChI=1S/C30H33N5O6S2/c1-29(2,3)14-15-30(32-18-20-9-7-8-16-31-20)22-11-6-5-10-21(22)26(36)25(27(30)37)28-33-23-13-12-19(34-42(4,38)39)17-24(23)43(40,41)35-28/h5-13,16-17,32,34,36H,14-15,18H2,1-4H3,(H,33,35). The molecule has 2 aliphatic rings. The molecule has 1 aliphatic carbocycles. The number of carbonyl (C=O) groups excluding carboxylic acids is 1. The van der Waals surface area contributed by atoms with Gasteiger partial charge in [-0.25, -0.2) is 8.42 Å². The van der Waals surface area contributed by atoms with Crippen molar-refractivity contribution in [1.29, 1.82) is 0 Å². The van der Waals surface area contributed by atoms with Crippen LogP contribution in [0, 0.1) is 5.41 Å². The van der Waals surface area contributed by atoms with Crippen LogP contribution in [0.25, 0.3) is 5.76 Å². The van der Waals surface area contributed by atoms with E-state index in [0.717, 1.165) is 12.3 Å². The van der Waals surface area contributed by atoms with E-state index in [1.165, 1.54) is 12.1 Å². The van der Waals surface area contributed by atoms with Gasteiger partial charge in [0, 0.05) is 24.0 Å². The maximum Gasteiger partial charge on any atom is 0.286 e. The number of aromatic nitrogens is 1. The van der Waals surface area contributed by atoms with Crippen molar-refractivity contribution in [2.75, 3.05) is 16.3 Å². The summed E-state index contributed by atoms with van der Waals surface area (Å²) in [5, 5.41) is 17.8. The van der Waals surface area contributed by atoms with Crippen LogP contribution in [0.5, 0.6) is 0 Å². The highest BCUT2D eigenvalue weighted by Gasteiger charge is 2.49. The summed E-state index contributed by atoms with van der Waals surface area (Å²) in [4.78, 5) is 18.8. The number of aliphatic hydroxyl groups is 1. The third-order valence-electron chi connectivity index (χ3n) is 7.30. The number of amidine groups is 1. The van der Waals surface area contributed by atoms with Crippen molar-refractivity contribution in [1.82, 2.24) is 10.3 Å². The number of nitrogens with zero attached hydrogens (tertiary/aromatic N) is 2. The minimum absolute atomic E-state index is 0.0370. The highest BCUT2D eigenvalue weighted by molar-refractivity contribution is 7.92. The molecular weight excluding hydrogens is 590 g/mol. The van der Waals surface area contributed by atoms with E-state index in [4.69, 9.17) is 0 Å². The molecule has 1 atom stereocenters. The Morgan fingerprint density at radius 3 is 2.44 bits per heavy atom. The first-order valence-corrected chi connectivity index (χ1v) is 16.9. The molecule has 13 heteroatoms. The molecule has 1 aromatic heterocycles. The maximum absolute atomic E-state index is 14.7. The second-order valence-electron chi connectivity index (χ2n) is 11.9. The normalized spacial score (nSPS) is 19.6. The second kappa shape index (κ2) is 10.9. The summed E-state index contributed by atoms with van der Waals surface area (Å²) in [5.74, 6) is -1.26. The summed E-state index contributed by atoms with van der Waals surface area (Å²) in [6.07, 6.45) is 3.57. The molecular formula is C30H33N5O6S2. The topological polar surface area (TPSA) is 167 Å². The molecule has 1 unspecified atom stereocenters. The molecule has 1 aliphatic heterocycles. The van der Waals surface area contributed by atoms with Gasteiger partial charge in [0.2, 0.25) is 10.0 Å². The summed E-state index contributed by atoms with van der Waals surface area (Å²) in [6.45, 7) is 6.43. The van der Waals surface area contributed by atoms with E-state index in [9.17, 15) is 26.7 Å². The quantitative estimate of drug-likeness (QED) is 0.286. The number of nitrogens with one attached hydrogen (secondary N) is 3. The van der Waals surface area contributed by atoms with E-state index >= 15 is 0 Å². The number of hydrogen-bond acceptors (Lipinski definition) is 9. The first-order valence-electron chi connectivity index (χ1n) is 13.6. The second-order valence-corrected chi connectivity index (χ2v) is 15.2. The monoisotopic (exact) mass is 623 g/mol. The Morgan fingerprint density at radius 2 is 1.77 bits per heavy atom. The molecule has 0 saturated heterocycles. The Labute approximate surface area is 251 Å². The van der Waals surface area contributed by atoms with Gasteiger partial charge in [-0.15, -0.1) is 4.40 Å². The molecule has 11 nitrogen and oxygen atoms in total. The van der Waals surface area contributed by atoms with Gasteiger partial charge in [-0.1, -0.05) is 51.1 Å². The third kappa shape index (κ3) is 6.19. The molecule has 0 fully saturated rings. The Kier molecular flexibility index (Phi) is 7.69. The van der Waals surface area contributed by atoms with Gasteiger partial charge in [-0.05, 0) is 54.2 Å². The number of carbonyl (C=O) groups is 1. The Morgan fingerprint density at radius 1 is 1.05 bits per heavy atom. The first kappa shape index (κ1) is 30.4. The largest absolute Gasteiger partial charge is 0.506 e. The summed E-state index contributed by atoms with van der Waals surface area (Å²) >= 11 is 0. The fraction of sp³-hybridized carbons (Fsp3) is 0.300. The summed E-state index contributed by atoms with van der Waals surface area (Å²) in [7, 11) is -8.07. The van der Waals surface area contributed by atoms with Crippen LogP contribution in [0.4, 0.5) is 11.4 Å². The van der Waals surface area contributed by atoms with Gasteiger partial charge in [0.25, 0.3) is 10.0 Å². The lowest BCUT2D eigenvalue weighted by atomic mass is 9.69. The van der Waals surface area contributed by atoms with Gasteiger partial charge in [0.05, 0.1) is 17.6 Å². The molecule has 0 saturated carbocycles. The predicted octanol–water partition coefficient (Wildman–Crippen LogP) is 4.33. The Balaban J connectivity index is 1.64. The van der Waals surface area contributed by atoms with E-state index < -0.39 is 37.1 Å². The SMILES string of the molecule is CC(C)(C)CCC1(NCc2ccccn2)C(=O)C(C2=NS(=O)(=O)c3cc(NS(C)(=O)=O)ccc3N2)=C(O)c2ccccc21. The van der Waals surface area contributed by atoms with Crippen LogP contribution in [0.1, 0.15) is 50.4 Å². The molecule has 0 spiro atoms. The van der Waals surface area contributed by atoms with E-state index in [0.29, 0.717) is 29.7 Å². The molecule has 0 bridgehead atoms. The summed E-state index contributed by atoms with van der Waals surface area (Å²) in [6, 6.07) is 16.4. The van der Waals surface area contributed by atoms with Gasteiger partial charge in [0.15, 0.2) is 11.6 Å². The fourth-order valence-electron chi connectivity index (χ4n) is 5.22. The molecule has 0 amide bonds. The van der Waals surface area contributed by atoms with Crippen LogP contribution in [0.3, 0.4) is 0 Å². The highest BCUT2D eigenvalue weighted by atomic mass is 32.2. The van der Waals surface area contributed by atoms with E-state index in [2.05, 4.69) is 45.5 Å². The van der Waals surface area contributed by atoms with Gasteiger partial charge in [-0.2, -0.15) is 8.42 Å². The van der Waals surface area contributed by atoms with Crippen LogP contribution in [0.15, 0.2) is 81.7 Å². The van der Waals surface area contributed by atoms with Crippen LogP contribution in [-0.2, 0) is 36.9 Å². The average molecular weight is 624 g/mol. The minimum atomic E-state index is -4.41. The number of pyridine rings is 1. The lowest BCUT2D eigenvalue weighted by Crippen LogP contribution is -2.54. The van der Waals surface area contributed by atoms with Crippen LogP contribution < -0.4 is 15.4 Å². The lowest BCUT2D eigenvalue weighted by molar-refractivity contribution is -0.122. The number of sulfonamides is 2. The third-order valence-corrected chi connectivity index (χ3v) is 9.23. The van der Waals surface area contributed by atoms with Crippen LogP contribution >= 0.6 is 0 Å². The van der Waals surface area contributed by atoms with Crippen LogP contribution in [0.2, 0.25) is 0 Å². The molecule has 3 aromatic rings. The van der Waals surface area contributed by atoms with E-state index in [1.54, 1.807) is 36.5 Å². The number of rotatable bonds is 8. The number of anilines is 2. The van der Waals surface area contributed by atoms with Crippen molar-refractivity contribution in [3.63, 3.8) is 0 Å². The molecule has 2 heterocycles. The molecule has 5 rings (SSSR count). The van der Waals surface area contributed by atoms with E-state index in [-0.39, 0.29) is 39.6 Å².